The summed E-state index contributed by atoms with van der Waals surface area (Å²) in [4.78, 5) is 25.4. The summed E-state index contributed by atoms with van der Waals surface area (Å²) in [5.41, 5.74) is 5.28. The van der Waals surface area contributed by atoms with Crippen LogP contribution in [-0.4, -0.2) is 35.6 Å². The lowest BCUT2D eigenvalue weighted by atomic mass is 9.97. The van der Waals surface area contributed by atoms with Gasteiger partial charge in [-0.05, 0) is 25.0 Å². The first-order chi connectivity index (χ1) is 9.58. The number of carbonyl (C=O) groups is 2. The van der Waals surface area contributed by atoms with Gasteiger partial charge < -0.3 is 10.6 Å². The summed E-state index contributed by atoms with van der Waals surface area (Å²) in [5.74, 6) is -0.842. The maximum absolute atomic E-state index is 13.4. The number of carbonyl (C=O) groups excluding carboxylic acids is 2. The van der Waals surface area contributed by atoms with Crippen LogP contribution < -0.4 is 5.73 Å². The van der Waals surface area contributed by atoms with E-state index in [2.05, 4.69) is 0 Å². The van der Waals surface area contributed by atoms with Gasteiger partial charge in [0.2, 0.25) is 11.8 Å². The Hall–Kier alpha value is -1.56. The standard InChI is InChI=1S/C14H17FN2O2S/c15-11-5-1-2-6-12(11)20-9-13(18)17-7-3-4-10(8-17)14(16)19/h1-2,5-6,10H,3-4,7-9H2,(H2,16,19). The van der Waals surface area contributed by atoms with E-state index in [0.29, 0.717) is 18.0 Å². The van der Waals surface area contributed by atoms with Crippen molar-refractivity contribution >= 4 is 23.6 Å². The van der Waals surface area contributed by atoms with Crippen LogP contribution in [-0.2, 0) is 9.59 Å². The number of nitrogens with zero attached hydrogens (tertiary/aromatic N) is 1. The highest BCUT2D eigenvalue weighted by Gasteiger charge is 2.26. The predicted octanol–water partition coefficient (Wildman–Crippen LogP) is 1.64. The number of thioether (sulfide) groups is 1. The lowest BCUT2D eigenvalue weighted by Gasteiger charge is -2.31. The van der Waals surface area contributed by atoms with Gasteiger partial charge in [-0.2, -0.15) is 0 Å². The predicted molar refractivity (Wildman–Crippen MR) is 75.6 cm³/mol. The minimum absolute atomic E-state index is 0.0794. The third-order valence-electron chi connectivity index (χ3n) is 3.36. The number of amides is 2. The smallest absolute Gasteiger partial charge is 0.232 e. The van der Waals surface area contributed by atoms with Crippen molar-refractivity contribution in [3.05, 3.63) is 30.1 Å². The van der Waals surface area contributed by atoms with Crippen LogP contribution in [0.1, 0.15) is 12.8 Å². The number of hydrogen-bond acceptors (Lipinski definition) is 3. The normalized spacial score (nSPS) is 18.9. The number of rotatable bonds is 4. The Labute approximate surface area is 121 Å². The highest BCUT2D eigenvalue weighted by Crippen LogP contribution is 2.23. The van der Waals surface area contributed by atoms with Gasteiger partial charge in [0, 0.05) is 18.0 Å². The Morgan fingerprint density at radius 2 is 2.15 bits per heavy atom. The Morgan fingerprint density at radius 3 is 2.85 bits per heavy atom. The zero-order valence-electron chi connectivity index (χ0n) is 11.0. The summed E-state index contributed by atoms with van der Waals surface area (Å²) in [7, 11) is 0. The van der Waals surface area contributed by atoms with Crippen molar-refractivity contribution in [3.63, 3.8) is 0 Å². The van der Waals surface area contributed by atoms with Crippen LogP contribution in [0.25, 0.3) is 0 Å². The Balaban J connectivity index is 1.89. The first kappa shape index (κ1) is 14.8. The van der Waals surface area contributed by atoms with Gasteiger partial charge >= 0.3 is 0 Å². The van der Waals surface area contributed by atoms with Crippen LogP contribution in [0.4, 0.5) is 4.39 Å². The summed E-state index contributed by atoms with van der Waals surface area (Å²) in [6.45, 7) is 1.02. The van der Waals surface area contributed by atoms with Crippen molar-refractivity contribution < 1.29 is 14.0 Å². The molecule has 1 aliphatic heterocycles. The molecule has 1 saturated heterocycles. The van der Waals surface area contributed by atoms with Crippen molar-refractivity contribution in [2.45, 2.75) is 17.7 Å². The van der Waals surface area contributed by atoms with Crippen molar-refractivity contribution in [1.82, 2.24) is 4.90 Å². The minimum Gasteiger partial charge on any atom is -0.369 e. The molecule has 0 bridgehead atoms. The fourth-order valence-corrected chi connectivity index (χ4v) is 3.07. The lowest BCUT2D eigenvalue weighted by Crippen LogP contribution is -2.44. The van der Waals surface area contributed by atoms with Gasteiger partial charge in [0.25, 0.3) is 0 Å². The Morgan fingerprint density at radius 1 is 1.40 bits per heavy atom. The molecule has 1 aliphatic rings. The molecule has 0 aromatic heterocycles. The van der Waals surface area contributed by atoms with Crippen LogP contribution >= 0.6 is 11.8 Å². The van der Waals surface area contributed by atoms with E-state index in [9.17, 15) is 14.0 Å². The molecule has 1 fully saturated rings. The van der Waals surface area contributed by atoms with E-state index < -0.39 is 0 Å². The number of primary amides is 1. The monoisotopic (exact) mass is 296 g/mol. The average Bonchev–Trinajstić information content (AvgIpc) is 2.46. The summed E-state index contributed by atoms with van der Waals surface area (Å²) < 4.78 is 13.4. The van der Waals surface area contributed by atoms with Gasteiger partial charge in [-0.1, -0.05) is 12.1 Å². The molecule has 1 heterocycles. The van der Waals surface area contributed by atoms with Crippen LogP contribution in [0.15, 0.2) is 29.2 Å². The fraction of sp³-hybridized carbons (Fsp3) is 0.429. The maximum atomic E-state index is 13.4. The zero-order valence-corrected chi connectivity index (χ0v) is 11.9. The second kappa shape index (κ2) is 6.74. The van der Waals surface area contributed by atoms with Crippen LogP contribution in [0, 0.1) is 11.7 Å². The molecule has 2 amide bonds. The quantitative estimate of drug-likeness (QED) is 0.859. The first-order valence-electron chi connectivity index (χ1n) is 6.52. The number of benzene rings is 1. The van der Waals surface area contributed by atoms with Crippen LogP contribution in [0.5, 0.6) is 0 Å². The van der Waals surface area contributed by atoms with Gasteiger partial charge in [-0.25, -0.2) is 4.39 Å². The highest BCUT2D eigenvalue weighted by atomic mass is 32.2. The molecule has 4 nitrogen and oxygen atoms in total. The van der Waals surface area contributed by atoms with Gasteiger partial charge in [0.1, 0.15) is 5.82 Å². The summed E-state index contributed by atoms with van der Waals surface area (Å²) >= 11 is 1.18. The lowest BCUT2D eigenvalue weighted by molar-refractivity contribution is -0.132. The van der Waals surface area contributed by atoms with Crippen LogP contribution in [0.3, 0.4) is 0 Å². The molecule has 108 valence electrons. The fourth-order valence-electron chi connectivity index (χ4n) is 2.23. The van der Waals surface area contributed by atoms with E-state index in [1.165, 1.54) is 17.8 Å². The third-order valence-corrected chi connectivity index (χ3v) is 4.40. The molecule has 1 atom stereocenters. The number of hydrogen-bond donors (Lipinski definition) is 1. The molecule has 0 spiro atoms. The van der Waals surface area contributed by atoms with Gasteiger partial charge in [0.05, 0.1) is 11.7 Å². The average molecular weight is 296 g/mol. The second-order valence-electron chi connectivity index (χ2n) is 4.80. The molecule has 0 radical (unpaired) electrons. The maximum Gasteiger partial charge on any atom is 0.232 e. The molecule has 1 unspecified atom stereocenters. The largest absolute Gasteiger partial charge is 0.369 e. The molecule has 2 N–H and O–H groups in total. The second-order valence-corrected chi connectivity index (χ2v) is 5.82. The van der Waals surface area contributed by atoms with E-state index in [-0.39, 0.29) is 29.3 Å². The van der Waals surface area contributed by atoms with Crippen molar-refractivity contribution in [2.24, 2.45) is 11.7 Å². The molecule has 2 rings (SSSR count). The molecule has 0 saturated carbocycles. The number of piperidine rings is 1. The number of likely N-dealkylation sites (tertiary alicyclic amines) is 1. The molecular formula is C14H17FN2O2S. The van der Waals surface area contributed by atoms with Crippen molar-refractivity contribution in [2.75, 3.05) is 18.8 Å². The SMILES string of the molecule is NC(=O)C1CCCN(C(=O)CSc2ccccc2F)C1. The molecule has 6 heteroatoms. The van der Waals surface area contributed by atoms with Crippen molar-refractivity contribution in [1.29, 1.82) is 0 Å². The summed E-state index contributed by atoms with van der Waals surface area (Å²) in [6.07, 6.45) is 1.52. The van der Waals surface area contributed by atoms with Crippen molar-refractivity contribution in [3.8, 4) is 0 Å². The first-order valence-corrected chi connectivity index (χ1v) is 7.51. The van der Waals surface area contributed by atoms with E-state index in [4.69, 9.17) is 5.73 Å². The number of nitrogens with two attached hydrogens (primary N) is 1. The van der Waals surface area contributed by atoms with E-state index >= 15 is 0 Å². The molecule has 20 heavy (non-hydrogen) atoms. The molecule has 1 aromatic rings. The summed E-state index contributed by atoms with van der Waals surface area (Å²) in [6, 6.07) is 6.37. The van der Waals surface area contributed by atoms with Gasteiger partial charge in [0.15, 0.2) is 0 Å². The molecular weight excluding hydrogens is 279 g/mol. The Kier molecular flexibility index (Phi) is 5.00. The zero-order chi connectivity index (χ0) is 14.5. The highest BCUT2D eigenvalue weighted by molar-refractivity contribution is 8.00. The molecule has 0 aliphatic carbocycles. The van der Waals surface area contributed by atoms with E-state index in [1.54, 1.807) is 23.1 Å². The summed E-state index contributed by atoms with van der Waals surface area (Å²) in [5, 5.41) is 0. The topological polar surface area (TPSA) is 63.4 Å². The minimum atomic E-state index is -0.357. The number of halogens is 1. The van der Waals surface area contributed by atoms with E-state index in [1.807, 2.05) is 0 Å². The van der Waals surface area contributed by atoms with Gasteiger partial charge in [-0.3, -0.25) is 9.59 Å². The molecule has 1 aromatic carbocycles. The Bertz CT molecular complexity index is 510. The van der Waals surface area contributed by atoms with E-state index in [0.717, 1.165) is 12.8 Å². The van der Waals surface area contributed by atoms with Gasteiger partial charge in [-0.15, -0.1) is 11.8 Å². The third kappa shape index (κ3) is 3.72. The van der Waals surface area contributed by atoms with Crippen LogP contribution in [0.2, 0.25) is 0 Å².